The average Bonchev–Trinajstić information content (AvgIpc) is 2.37. The third kappa shape index (κ3) is 3.24. The van der Waals surface area contributed by atoms with E-state index < -0.39 is 17.5 Å². The fourth-order valence-electron chi connectivity index (χ4n) is 2.27. The predicted molar refractivity (Wildman–Crippen MR) is 65.2 cm³/mol. The smallest absolute Gasteiger partial charge is 0.356 e. The highest BCUT2D eigenvalue weighted by Gasteiger charge is 2.39. The van der Waals surface area contributed by atoms with Crippen LogP contribution in [0.2, 0.25) is 0 Å². The number of rotatable bonds is 2. The first-order chi connectivity index (χ1) is 8.88. The highest BCUT2D eigenvalue weighted by atomic mass is 19.4. The van der Waals surface area contributed by atoms with Crippen molar-refractivity contribution in [1.29, 1.82) is 0 Å². The van der Waals surface area contributed by atoms with Gasteiger partial charge in [-0.2, -0.15) is 13.2 Å². The number of aromatic nitrogens is 1. The third-order valence-corrected chi connectivity index (χ3v) is 3.25. The van der Waals surface area contributed by atoms with E-state index in [-0.39, 0.29) is 0 Å². The van der Waals surface area contributed by atoms with Crippen molar-refractivity contribution in [3.05, 3.63) is 23.9 Å². The van der Waals surface area contributed by atoms with Gasteiger partial charge in [-0.1, -0.05) is 6.92 Å². The summed E-state index contributed by atoms with van der Waals surface area (Å²) < 4.78 is 36.8. The molecule has 104 valence electrons. The zero-order valence-electron chi connectivity index (χ0n) is 10.6. The van der Waals surface area contributed by atoms with Crippen LogP contribution < -0.4 is 4.90 Å². The van der Waals surface area contributed by atoms with Gasteiger partial charge in [0.15, 0.2) is 0 Å². The molecule has 1 fully saturated rings. The molecule has 1 aromatic rings. The van der Waals surface area contributed by atoms with Gasteiger partial charge in [0.2, 0.25) is 0 Å². The molecule has 0 saturated carbocycles. The fraction of sp³-hybridized carbons (Fsp3) is 0.538. The minimum absolute atomic E-state index is 0.415. The number of pyridine rings is 1. The van der Waals surface area contributed by atoms with E-state index in [4.69, 9.17) is 0 Å². The van der Waals surface area contributed by atoms with Gasteiger partial charge in [0.05, 0.1) is 0 Å². The van der Waals surface area contributed by atoms with Gasteiger partial charge >= 0.3 is 6.18 Å². The first-order valence-electron chi connectivity index (χ1n) is 6.20. The quantitative estimate of drug-likeness (QED) is 0.776. The molecular formula is C13H15F3N2O. The number of anilines is 1. The minimum Gasteiger partial charge on any atom is -0.356 e. The Morgan fingerprint density at radius 2 is 2.16 bits per heavy atom. The van der Waals surface area contributed by atoms with Crippen molar-refractivity contribution < 1.29 is 18.0 Å². The lowest BCUT2D eigenvalue weighted by Crippen LogP contribution is -2.34. The number of Topliss-reactive ketones (excluding diaryl/α,β-unsaturated/α-hetero) is 1. The molecule has 19 heavy (non-hydrogen) atoms. The molecule has 0 aliphatic carbocycles. The second kappa shape index (κ2) is 5.19. The highest BCUT2D eigenvalue weighted by Crippen LogP contribution is 2.24. The molecular weight excluding hydrogens is 257 g/mol. The van der Waals surface area contributed by atoms with Crippen molar-refractivity contribution in [3.8, 4) is 0 Å². The van der Waals surface area contributed by atoms with E-state index in [0.29, 0.717) is 11.7 Å². The maximum absolute atomic E-state index is 12.3. The molecule has 1 aromatic heterocycles. The third-order valence-electron chi connectivity index (χ3n) is 3.25. The van der Waals surface area contributed by atoms with Gasteiger partial charge in [-0.25, -0.2) is 4.98 Å². The number of hydrogen-bond acceptors (Lipinski definition) is 3. The Labute approximate surface area is 109 Å². The molecule has 0 spiro atoms. The molecule has 2 heterocycles. The second-order valence-electron chi connectivity index (χ2n) is 4.93. The lowest BCUT2D eigenvalue weighted by atomic mass is 10.0. The van der Waals surface area contributed by atoms with Crippen molar-refractivity contribution in [3.63, 3.8) is 0 Å². The van der Waals surface area contributed by atoms with Crippen molar-refractivity contribution in [1.82, 2.24) is 4.98 Å². The first kappa shape index (κ1) is 13.8. The molecule has 3 nitrogen and oxygen atoms in total. The molecule has 2 rings (SSSR count). The number of carbonyl (C=O) groups excluding carboxylic acids is 1. The van der Waals surface area contributed by atoms with Gasteiger partial charge in [-0.3, -0.25) is 4.79 Å². The summed E-state index contributed by atoms with van der Waals surface area (Å²) in [7, 11) is 0. The summed E-state index contributed by atoms with van der Waals surface area (Å²) in [6.07, 6.45) is -1.64. The van der Waals surface area contributed by atoms with Gasteiger partial charge in [0, 0.05) is 24.8 Å². The number of halogens is 3. The Bertz CT molecular complexity index is 456. The molecule has 6 heteroatoms. The molecule has 1 unspecified atom stereocenters. The summed E-state index contributed by atoms with van der Waals surface area (Å²) in [4.78, 5) is 17.0. The average molecular weight is 272 g/mol. The normalized spacial score (nSPS) is 20.4. The number of hydrogen-bond donors (Lipinski definition) is 0. The molecule has 0 aromatic carbocycles. The maximum Gasteiger partial charge on any atom is 0.454 e. The standard InChI is InChI=1S/C13H15F3N2O/c1-9-3-2-6-18(8-9)11-5-4-10(7-17-11)12(19)13(14,15)16/h4-5,7,9H,2-3,6,8H2,1H3. The topological polar surface area (TPSA) is 33.2 Å². The van der Waals surface area contributed by atoms with Crippen molar-refractivity contribution in [2.24, 2.45) is 5.92 Å². The Kier molecular flexibility index (Phi) is 3.78. The summed E-state index contributed by atoms with van der Waals surface area (Å²) in [6.45, 7) is 3.83. The van der Waals surface area contributed by atoms with E-state index in [1.807, 2.05) is 4.90 Å². The molecule has 1 aliphatic rings. The number of alkyl halides is 3. The number of carbonyl (C=O) groups is 1. The van der Waals surface area contributed by atoms with Gasteiger partial charge in [-0.15, -0.1) is 0 Å². The van der Waals surface area contributed by atoms with Crippen LogP contribution in [0, 0.1) is 5.92 Å². The molecule has 1 atom stereocenters. The molecule has 1 aliphatic heterocycles. The van der Waals surface area contributed by atoms with Crippen molar-refractivity contribution >= 4 is 11.6 Å². The second-order valence-corrected chi connectivity index (χ2v) is 4.93. The molecule has 1 saturated heterocycles. The van der Waals surface area contributed by atoms with Gasteiger partial charge in [0.25, 0.3) is 5.78 Å². The number of piperidine rings is 1. The Morgan fingerprint density at radius 1 is 1.42 bits per heavy atom. The van der Waals surface area contributed by atoms with Crippen LogP contribution in [-0.4, -0.2) is 30.0 Å². The highest BCUT2D eigenvalue weighted by molar-refractivity contribution is 6.00. The van der Waals surface area contributed by atoms with Crippen LogP contribution in [0.5, 0.6) is 0 Å². The minimum atomic E-state index is -4.84. The van der Waals surface area contributed by atoms with Crippen LogP contribution in [-0.2, 0) is 0 Å². The monoisotopic (exact) mass is 272 g/mol. The van der Waals surface area contributed by atoms with Crippen LogP contribution in [0.15, 0.2) is 18.3 Å². The molecule has 0 radical (unpaired) electrons. The zero-order chi connectivity index (χ0) is 14.0. The van der Waals surface area contributed by atoms with Crippen LogP contribution in [0.3, 0.4) is 0 Å². The van der Waals surface area contributed by atoms with Crippen LogP contribution in [0.25, 0.3) is 0 Å². The van der Waals surface area contributed by atoms with E-state index in [1.54, 1.807) is 0 Å². The largest absolute Gasteiger partial charge is 0.454 e. The number of ketones is 1. The van der Waals surface area contributed by atoms with Gasteiger partial charge in [0.1, 0.15) is 5.82 Å². The maximum atomic E-state index is 12.3. The Balaban J connectivity index is 2.12. The van der Waals surface area contributed by atoms with Crippen LogP contribution in [0.4, 0.5) is 19.0 Å². The Morgan fingerprint density at radius 3 is 2.68 bits per heavy atom. The van der Waals surface area contributed by atoms with E-state index in [1.165, 1.54) is 12.1 Å². The van der Waals surface area contributed by atoms with E-state index in [9.17, 15) is 18.0 Å². The zero-order valence-corrected chi connectivity index (χ0v) is 10.6. The van der Waals surface area contributed by atoms with Crippen molar-refractivity contribution in [2.45, 2.75) is 25.9 Å². The fourth-order valence-corrected chi connectivity index (χ4v) is 2.27. The summed E-state index contributed by atoms with van der Waals surface area (Å²) >= 11 is 0. The Hall–Kier alpha value is -1.59. The van der Waals surface area contributed by atoms with E-state index >= 15 is 0 Å². The van der Waals surface area contributed by atoms with E-state index in [0.717, 1.165) is 32.1 Å². The lowest BCUT2D eigenvalue weighted by molar-refractivity contribution is -0.0885. The summed E-state index contributed by atoms with van der Waals surface area (Å²) in [6, 6.07) is 2.68. The lowest BCUT2D eigenvalue weighted by Gasteiger charge is -2.31. The SMILES string of the molecule is CC1CCCN(c2ccc(C(=O)C(F)(F)F)cn2)C1. The summed E-state index contributed by atoms with van der Waals surface area (Å²) in [5.74, 6) is -0.670. The van der Waals surface area contributed by atoms with Crippen LogP contribution in [0.1, 0.15) is 30.1 Å². The predicted octanol–water partition coefficient (Wildman–Crippen LogP) is 3.06. The summed E-state index contributed by atoms with van der Waals surface area (Å²) in [5, 5.41) is 0. The summed E-state index contributed by atoms with van der Waals surface area (Å²) in [5.41, 5.74) is -0.415. The number of nitrogens with zero attached hydrogens (tertiary/aromatic N) is 2. The molecule has 0 N–H and O–H groups in total. The van der Waals surface area contributed by atoms with Gasteiger partial charge in [-0.05, 0) is 30.9 Å². The molecule has 0 bridgehead atoms. The first-order valence-corrected chi connectivity index (χ1v) is 6.20. The van der Waals surface area contributed by atoms with Crippen molar-refractivity contribution in [2.75, 3.05) is 18.0 Å². The van der Waals surface area contributed by atoms with Gasteiger partial charge < -0.3 is 4.90 Å². The van der Waals surface area contributed by atoms with Crippen LogP contribution >= 0.6 is 0 Å². The van der Waals surface area contributed by atoms with E-state index in [2.05, 4.69) is 11.9 Å². The molecule has 0 amide bonds.